The summed E-state index contributed by atoms with van der Waals surface area (Å²) in [6.07, 6.45) is 0. The van der Waals surface area contributed by atoms with Crippen molar-refractivity contribution in [2.45, 2.75) is 0 Å². The number of rotatable bonds is 2. The summed E-state index contributed by atoms with van der Waals surface area (Å²) in [5, 5.41) is 2.86. The lowest BCUT2D eigenvalue weighted by Crippen LogP contribution is -2.11. The number of hydrogen-bond acceptors (Lipinski definition) is 2. The van der Waals surface area contributed by atoms with E-state index < -0.39 is 0 Å². The molecule has 0 atom stereocenters. The molecule has 1 heterocycles. The number of nitrogens with one attached hydrogen (secondary N) is 1. The zero-order valence-electron chi connectivity index (χ0n) is 8.64. The number of halogens is 4. The quantitative estimate of drug-likeness (QED) is 0.515. The zero-order valence-corrected chi connectivity index (χ0v) is 15.8. The summed E-state index contributed by atoms with van der Waals surface area (Å²) >= 11 is 15.0. The van der Waals surface area contributed by atoms with Crippen molar-refractivity contribution in [2.75, 3.05) is 5.32 Å². The molecule has 0 aliphatic carbocycles. The predicted octanol–water partition coefficient (Wildman–Crippen LogP) is 6.05. The topological polar surface area (TPSA) is 29.1 Å². The first kappa shape index (κ1) is 14.7. The largest absolute Gasteiger partial charge is 0.321 e. The van der Waals surface area contributed by atoms with Gasteiger partial charge in [0.1, 0.15) is 0 Å². The molecule has 94 valence electrons. The summed E-state index contributed by atoms with van der Waals surface area (Å²) in [4.78, 5) is 12.1. The molecule has 0 saturated heterocycles. The van der Waals surface area contributed by atoms with Crippen LogP contribution >= 0.6 is 75.1 Å². The normalized spacial score (nSPS) is 10.4. The van der Waals surface area contributed by atoms with E-state index in [1.165, 1.54) is 11.3 Å². The van der Waals surface area contributed by atoms with Gasteiger partial charge in [0.05, 0.1) is 18.8 Å². The first-order valence-corrected chi connectivity index (χ1v) is 8.67. The summed E-state index contributed by atoms with van der Waals surface area (Å²) in [5.74, 6) is -0.150. The molecule has 0 bridgehead atoms. The Bertz CT molecular complexity index is 611. The molecule has 2 aromatic rings. The number of amides is 1. The molecule has 0 aliphatic rings. The third-order valence-electron chi connectivity index (χ3n) is 2.08. The van der Waals surface area contributed by atoms with E-state index >= 15 is 0 Å². The van der Waals surface area contributed by atoms with Gasteiger partial charge in [0.15, 0.2) is 0 Å². The number of anilines is 1. The lowest BCUT2D eigenvalue weighted by atomic mass is 10.3. The number of carbonyl (C=O) groups excluding carboxylic acids is 1. The number of thiophene rings is 1. The van der Waals surface area contributed by atoms with Gasteiger partial charge >= 0.3 is 0 Å². The van der Waals surface area contributed by atoms with Crippen molar-refractivity contribution in [3.63, 3.8) is 0 Å². The second kappa shape index (κ2) is 6.17. The molecule has 1 aromatic heterocycles. The van der Waals surface area contributed by atoms with E-state index in [9.17, 15) is 4.79 Å². The predicted molar refractivity (Wildman–Crippen MR) is 89.5 cm³/mol. The molecule has 0 unspecified atom stereocenters. The fourth-order valence-corrected chi connectivity index (χ4v) is 4.78. The standard InChI is InChI=1S/C11H5Br4NOS/c12-5-1-2-7(13)8(3-5)16-11(17)6-4-9(14)18-10(6)15/h1-4H,(H,16,17). The molecular weight excluding hydrogens is 514 g/mol. The van der Waals surface area contributed by atoms with Crippen LogP contribution < -0.4 is 5.32 Å². The molecule has 18 heavy (non-hydrogen) atoms. The molecule has 0 fully saturated rings. The molecule has 0 radical (unpaired) electrons. The zero-order chi connectivity index (χ0) is 13.3. The van der Waals surface area contributed by atoms with Gasteiger partial charge in [0, 0.05) is 8.95 Å². The molecule has 0 saturated carbocycles. The van der Waals surface area contributed by atoms with Crippen LogP contribution in [0.2, 0.25) is 0 Å². The summed E-state index contributed by atoms with van der Waals surface area (Å²) < 4.78 is 3.46. The van der Waals surface area contributed by atoms with E-state index in [2.05, 4.69) is 69.0 Å². The first-order chi connectivity index (χ1) is 8.47. The van der Waals surface area contributed by atoms with Gasteiger partial charge in [0.2, 0.25) is 0 Å². The van der Waals surface area contributed by atoms with Crippen molar-refractivity contribution < 1.29 is 4.79 Å². The SMILES string of the molecule is O=C(Nc1cc(Br)ccc1Br)c1cc(Br)sc1Br. The van der Waals surface area contributed by atoms with Crippen molar-refractivity contribution in [3.8, 4) is 0 Å². The lowest BCUT2D eigenvalue weighted by molar-refractivity contribution is 0.102. The second-order valence-corrected chi connectivity index (χ2v) is 8.84. The second-order valence-electron chi connectivity index (χ2n) is 3.32. The van der Waals surface area contributed by atoms with Gasteiger partial charge in [-0.2, -0.15) is 0 Å². The minimum atomic E-state index is -0.150. The third kappa shape index (κ3) is 3.45. The lowest BCUT2D eigenvalue weighted by Gasteiger charge is -2.07. The van der Waals surface area contributed by atoms with Gasteiger partial charge < -0.3 is 5.32 Å². The van der Waals surface area contributed by atoms with Crippen LogP contribution in [-0.2, 0) is 0 Å². The molecule has 2 rings (SSSR count). The Hall–Kier alpha value is 0.310. The van der Waals surface area contributed by atoms with E-state index in [0.29, 0.717) is 5.56 Å². The number of hydrogen-bond donors (Lipinski definition) is 1. The minimum absolute atomic E-state index is 0.150. The van der Waals surface area contributed by atoms with Gasteiger partial charge in [-0.25, -0.2) is 0 Å². The highest BCUT2D eigenvalue weighted by Gasteiger charge is 2.14. The van der Waals surface area contributed by atoms with E-state index in [0.717, 1.165) is 22.2 Å². The minimum Gasteiger partial charge on any atom is -0.321 e. The van der Waals surface area contributed by atoms with Crippen LogP contribution in [0, 0.1) is 0 Å². The van der Waals surface area contributed by atoms with Gasteiger partial charge in [-0.1, -0.05) is 15.9 Å². The highest BCUT2D eigenvalue weighted by atomic mass is 79.9. The highest BCUT2D eigenvalue weighted by molar-refractivity contribution is 9.12. The van der Waals surface area contributed by atoms with Gasteiger partial charge in [0.25, 0.3) is 5.91 Å². The van der Waals surface area contributed by atoms with E-state index in [-0.39, 0.29) is 5.91 Å². The average molecular weight is 519 g/mol. The number of benzene rings is 1. The summed E-state index contributed by atoms with van der Waals surface area (Å²) in [7, 11) is 0. The van der Waals surface area contributed by atoms with Crippen LogP contribution in [0.5, 0.6) is 0 Å². The van der Waals surface area contributed by atoms with Gasteiger partial charge in [-0.05, 0) is 72.1 Å². The fourth-order valence-electron chi connectivity index (χ4n) is 1.28. The van der Waals surface area contributed by atoms with Crippen LogP contribution in [0.1, 0.15) is 10.4 Å². The molecule has 1 amide bonds. The third-order valence-corrected chi connectivity index (χ3v) is 5.60. The molecule has 2 nitrogen and oxygen atoms in total. The maximum atomic E-state index is 12.1. The van der Waals surface area contributed by atoms with E-state index in [1.807, 2.05) is 18.2 Å². The van der Waals surface area contributed by atoms with Gasteiger partial charge in [-0.3, -0.25) is 4.79 Å². The molecule has 0 aliphatic heterocycles. The Kier molecular flexibility index (Phi) is 5.05. The summed E-state index contributed by atoms with van der Waals surface area (Å²) in [6.45, 7) is 0. The molecule has 0 spiro atoms. The Morgan fingerprint density at radius 2 is 1.83 bits per heavy atom. The van der Waals surface area contributed by atoms with Crippen molar-refractivity contribution in [3.05, 3.63) is 46.3 Å². The Balaban J connectivity index is 2.26. The maximum Gasteiger partial charge on any atom is 0.257 e. The van der Waals surface area contributed by atoms with Crippen molar-refractivity contribution in [1.82, 2.24) is 0 Å². The van der Waals surface area contributed by atoms with E-state index in [1.54, 1.807) is 6.07 Å². The summed E-state index contributed by atoms with van der Waals surface area (Å²) in [5.41, 5.74) is 1.34. The highest BCUT2D eigenvalue weighted by Crippen LogP contribution is 2.33. The molecular formula is C11H5Br4NOS. The molecule has 1 N–H and O–H groups in total. The Morgan fingerprint density at radius 1 is 1.11 bits per heavy atom. The van der Waals surface area contributed by atoms with Crippen LogP contribution in [0.15, 0.2) is 40.8 Å². The Morgan fingerprint density at radius 3 is 2.44 bits per heavy atom. The summed E-state index contributed by atoms with van der Waals surface area (Å²) in [6, 6.07) is 7.41. The van der Waals surface area contributed by atoms with Crippen molar-refractivity contribution in [2.24, 2.45) is 0 Å². The van der Waals surface area contributed by atoms with Crippen LogP contribution in [0.25, 0.3) is 0 Å². The molecule has 1 aromatic carbocycles. The smallest absolute Gasteiger partial charge is 0.257 e. The Labute approximate surface area is 142 Å². The first-order valence-electron chi connectivity index (χ1n) is 4.68. The van der Waals surface area contributed by atoms with Crippen LogP contribution in [0.3, 0.4) is 0 Å². The van der Waals surface area contributed by atoms with E-state index in [4.69, 9.17) is 0 Å². The van der Waals surface area contributed by atoms with Gasteiger partial charge in [-0.15, -0.1) is 11.3 Å². The van der Waals surface area contributed by atoms with Crippen molar-refractivity contribution in [1.29, 1.82) is 0 Å². The van der Waals surface area contributed by atoms with Crippen LogP contribution in [0.4, 0.5) is 5.69 Å². The molecule has 7 heteroatoms. The maximum absolute atomic E-state index is 12.1. The van der Waals surface area contributed by atoms with Crippen LogP contribution in [-0.4, -0.2) is 5.91 Å². The fraction of sp³-hybridized carbons (Fsp3) is 0. The van der Waals surface area contributed by atoms with Crippen molar-refractivity contribution >= 4 is 86.7 Å². The monoisotopic (exact) mass is 515 g/mol. The number of carbonyl (C=O) groups is 1. The average Bonchev–Trinajstić information content (AvgIpc) is 2.63.